The fourth-order valence-electron chi connectivity index (χ4n) is 3.45. The van der Waals surface area contributed by atoms with Gasteiger partial charge in [0.05, 0.1) is 38.7 Å². The van der Waals surface area contributed by atoms with Crippen molar-refractivity contribution < 1.29 is 14.3 Å². The van der Waals surface area contributed by atoms with E-state index >= 15 is 0 Å². The number of hydrogen-bond acceptors (Lipinski definition) is 5. The Morgan fingerprint density at radius 3 is 2.85 bits per heavy atom. The monoisotopic (exact) mass is 359 g/mol. The summed E-state index contributed by atoms with van der Waals surface area (Å²) in [6.45, 7) is 7.68. The summed E-state index contributed by atoms with van der Waals surface area (Å²) in [5.74, 6) is 2.40. The van der Waals surface area contributed by atoms with Gasteiger partial charge in [-0.25, -0.2) is 9.36 Å². The predicted octanol–water partition coefficient (Wildman–Crippen LogP) is 1.17. The lowest BCUT2D eigenvalue weighted by atomic mass is 10.1. The number of rotatable bonds is 5. The normalized spacial score (nSPS) is 21.3. The highest BCUT2D eigenvalue weighted by atomic mass is 16.5. The Morgan fingerprint density at radius 2 is 1.96 bits per heavy atom. The molecule has 2 aliphatic heterocycles. The molecule has 8 heteroatoms. The fourth-order valence-corrected chi connectivity index (χ4v) is 3.45. The number of ether oxygens (including phenoxy) is 2. The minimum atomic E-state index is 0.0385. The van der Waals surface area contributed by atoms with Gasteiger partial charge in [0.1, 0.15) is 0 Å². The summed E-state index contributed by atoms with van der Waals surface area (Å²) in [7, 11) is 0. The summed E-state index contributed by atoms with van der Waals surface area (Å²) in [6.07, 6.45) is 4.69. The van der Waals surface area contributed by atoms with Gasteiger partial charge >= 0.3 is 0 Å². The Kier molecular flexibility index (Phi) is 4.57. The molecule has 0 fully saturated rings. The molecule has 0 radical (unpaired) electrons. The average molecular weight is 359 g/mol. The highest BCUT2D eigenvalue weighted by Gasteiger charge is 2.23. The second-order valence-corrected chi connectivity index (χ2v) is 7.37. The number of amides is 1. The Morgan fingerprint density at radius 1 is 1.19 bits per heavy atom. The van der Waals surface area contributed by atoms with Crippen LogP contribution in [-0.2, 0) is 24.3 Å². The molecule has 0 aliphatic carbocycles. The Bertz CT molecular complexity index is 797. The second kappa shape index (κ2) is 7.01. The van der Waals surface area contributed by atoms with E-state index in [0.717, 1.165) is 36.0 Å². The van der Waals surface area contributed by atoms with Gasteiger partial charge in [0.15, 0.2) is 0 Å². The van der Waals surface area contributed by atoms with Crippen LogP contribution in [0.2, 0.25) is 0 Å². The van der Waals surface area contributed by atoms with E-state index < -0.39 is 0 Å². The van der Waals surface area contributed by atoms with Crippen LogP contribution in [0.25, 0.3) is 0 Å². The summed E-state index contributed by atoms with van der Waals surface area (Å²) in [5, 5.41) is 11.7. The van der Waals surface area contributed by atoms with Gasteiger partial charge in [0, 0.05) is 35.9 Å². The third-order valence-corrected chi connectivity index (χ3v) is 4.91. The molecule has 0 saturated heterocycles. The van der Waals surface area contributed by atoms with Gasteiger partial charge in [0.25, 0.3) is 0 Å². The Balaban J connectivity index is 1.24. The van der Waals surface area contributed by atoms with Gasteiger partial charge in [-0.3, -0.25) is 4.79 Å². The summed E-state index contributed by atoms with van der Waals surface area (Å²) in [6, 6.07) is 0. The lowest BCUT2D eigenvalue weighted by molar-refractivity contribution is -0.121. The molecule has 0 aromatic carbocycles. The number of fused-ring (bicyclic) bond motifs is 2. The maximum atomic E-state index is 12.2. The van der Waals surface area contributed by atoms with Crippen LogP contribution >= 0.6 is 0 Å². The molecule has 2 aromatic rings. The molecule has 2 atom stereocenters. The van der Waals surface area contributed by atoms with Crippen molar-refractivity contribution in [1.82, 2.24) is 24.9 Å². The van der Waals surface area contributed by atoms with E-state index in [4.69, 9.17) is 9.47 Å². The van der Waals surface area contributed by atoms with E-state index in [1.165, 1.54) is 0 Å². The summed E-state index contributed by atoms with van der Waals surface area (Å²) in [4.78, 5) is 12.2. The molecule has 8 nitrogen and oxygen atoms in total. The smallest absolute Gasteiger partial charge is 0.220 e. The maximum absolute atomic E-state index is 12.2. The quantitative estimate of drug-likeness (QED) is 0.867. The van der Waals surface area contributed by atoms with Crippen molar-refractivity contribution in [2.24, 2.45) is 11.8 Å². The van der Waals surface area contributed by atoms with E-state index in [1.54, 1.807) is 0 Å². The zero-order chi connectivity index (χ0) is 18.1. The van der Waals surface area contributed by atoms with Gasteiger partial charge in [-0.05, 0) is 13.3 Å². The molecule has 4 rings (SSSR count). The molecule has 0 spiro atoms. The minimum Gasteiger partial charge on any atom is -0.477 e. The molecule has 1 amide bonds. The zero-order valence-corrected chi connectivity index (χ0v) is 15.3. The standard InChI is InChI=1S/C18H25N5O3/c1-12-8-22-18(25-10-12)15(7-21-22)3-4-16(24)19-6-14-9-23-17(26-11-14)13(2)5-20-23/h5,7,12,14H,3-4,6,8-11H2,1-2H3,(H,19,24)/t12-,14?/m1/s1. The SMILES string of the molecule is Cc1cnn2c1OCC(CNC(=O)CCc1cnn3c1OC[C@H](C)C3)C2. The number of hydrogen-bond donors (Lipinski definition) is 1. The molecule has 0 bridgehead atoms. The number of aryl methyl sites for hydroxylation is 2. The minimum absolute atomic E-state index is 0.0385. The fraction of sp³-hybridized carbons (Fsp3) is 0.611. The van der Waals surface area contributed by atoms with Crippen LogP contribution in [0.4, 0.5) is 0 Å². The molecule has 2 aromatic heterocycles. The van der Waals surface area contributed by atoms with Gasteiger partial charge in [0.2, 0.25) is 17.7 Å². The van der Waals surface area contributed by atoms with Crippen LogP contribution in [0.3, 0.4) is 0 Å². The lowest BCUT2D eigenvalue weighted by Gasteiger charge is -2.24. The van der Waals surface area contributed by atoms with Crippen molar-refractivity contribution in [3.63, 3.8) is 0 Å². The van der Waals surface area contributed by atoms with Crippen molar-refractivity contribution in [3.8, 4) is 11.8 Å². The van der Waals surface area contributed by atoms with Crippen molar-refractivity contribution >= 4 is 5.91 Å². The number of aromatic nitrogens is 4. The first-order valence-corrected chi connectivity index (χ1v) is 9.19. The molecule has 0 saturated carbocycles. The van der Waals surface area contributed by atoms with Crippen molar-refractivity contribution in [1.29, 1.82) is 0 Å². The van der Waals surface area contributed by atoms with Crippen LogP contribution < -0.4 is 14.8 Å². The molecule has 1 N–H and O–H groups in total. The van der Waals surface area contributed by atoms with Crippen molar-refractivity contribution in [3.05, 3.63) is 23.5 Å². The van der Waals surface area contributed by atoms with Gasteiger partial charge in [-0.1, -0.05) is 6.92 Å². The molecule has 4 heterocycles. The topological polar surface area (TPSA) is 83.2 Å². The predicted molar refractivity (Wildman–Crippen MR) is 94.2 cm³/mol. The van der Waals surface area contributed by atoms with Crippen molar-refractivity contribution in [2.45, 2.75) is 39.8 Å². The lowest BCUT2D eigenvalue weighted by Crippen LogP contribution is -2.37. The first kappa shape index (κ1) is 16.9. The molecule has 26 heavy (non-hydrogen) atoms. The first-order valence-electron chi connectivity index (χ1n) is 9.19. The summed E-state index contributed by atoms with van der Waals surface area (Å²) in [5.41, 5.74) is 2.05. The highest BCUT2D eigenvalue weighted by molar-refractivity contribution is 5.76. The van der Waals surface area contributed by atoms with Crippen LogP contribution in [0.15, 0.2) is 12.4 Å². The van der Waals surface area contributed by atoms with Crippen LogP contribution in [0.5, 0.6) is 11.8 Å². The molecule has 140 valence electrons. The second-order valence-electron chi connectivity index (χ2n) is 7.37. The number of nitrogens with zero attached hydrogens (tertiary/aromatic N) is 4. The first-order chi connectivity index (χ1) is 12.6. The van der Waals surface area contributed by atoms with Gasteiger partial charge < -0.3 is 14.8 Å². The van der Waals surface area contributed by atoms with E-state index in [-0.39, 0.29) is 11.8 Å². The van der Waals surface area contributed by atoms with Crippen LogP contribution in [0, 0.1) is 18.8 Å². The van der Waals surface area contributed by atoms with Gasteiger partial charge in [-0.2, -0.15) is 10.2 Å². The van der Waals surface area contributed by atoms with Gasteiger partial charge in [-0.15, -0.1) is 0 Å². The Labute approximate surface area is 152 Å². The number of carbonyl (C=O) groups is 1. The van der Waals surface area contributed by atoms with E-state index in [9.17, 15) is 4.79 Å². The van der Waals surface area contributed by atoms with E-state index in [2.05, 4.69) is 22.4 Å². The largest absolute Gasteiger partial charge is 0.477 e. The highest BCUT2D eigenvalue weighted by Crippen LogP contribution is 2.25. The Hall–Kier alpha value is -2.51. The summed E-state index contributed by atoms with van der Waals surface area (Å²) < 4.78 is 15.3. The van der Waals surface area contributed by atoms with Crippen LogP contribution in [-0.4, -0.2) is 45.2 Å². The summed E-state index contributed by atoms with van der Waals surface area (Å²) >= 11 is 0. The molecule has 2 aliphatic rings. The van der Waals surface area contributed by atoms with E-state index in [0.29, 0.717) is 38.5 Å². The average Bonchev–Trinajstić information content (AvgIpc) is 3.21. The molecule has 1 unspecified atom stereocenters. The maximum Gasteiger partial charge on any atom is 0.220 e. The number of carbonyl (C=O) groups excluding carboxylic acids is 1. The third kappa shape index (κ3) is 3.40. The zero-order valence-electron chi connectivity index (χ0n) is 15.3. The third-order valence-electron chi connectivity index (χ3n) is 4.91. The van der Waals surface area contributed by atoms with Crippen molar-refractivity contribution in [2.75, 3.05) is 19.8 Å². The van der Waals surface area contributed by atoms with Crippen LogP contribution in [0.1, 0.15) is 24.5 Å². The van der Waals surface area contributed by atoms with E-state index in [1.807, 2.05) is 28.7 Å². The number of nitrogens with one attached hydrogen (secondary N) is 1. The molecular weight excluding hydrogens is 334 g/mol. The molecular formula is C18H25N5O3.